The molecule has 0 bridgehead atoms. The fraction of sp³-hybridized carbons (Fsp3) is 0.385. The maximum absolute atomic E-state index is 9.81. The second kappa shape index (κ2) is 5.47. The van der Waals surface area contributed by atoms with Crippen LogP contribution in [-0.4, -0.2) is 11.2 Å². The lowest BCUT2D eigenvalue weighted by atomic mass is 9.93. The Kier molecular flexibility index (Phi) is 4.22. The first-order chi connectivity index (χ1) is 6.75. The van der Waals surface area contributed by atoms with Crippen LogP contribution in [-0.2, 0) is 0 Å². The summed E-state index contributed by atoms with van der Waals surface area (Å²) in [4.78, 5) is 0. The Hall–Kier alpha value is -1.26. The van der Waals surface area contributed by atoms with Gasteiger partial charge >= 0.3 is 0 Å². The van der Waals surface area contributed by atoms with Crippen LogP contribution in [0.5, 0.6) is 0 Å². The Balaban J connectivity index is 2.57. The van der Waals surface area contributed by atoms with E-state index < -0.39 is 0 Å². The number of benzene rings is 1. The van der Waals surface area contributed by atoms with E-state index in [2.05, 4.69) is 5.92 Å². The van der Waals surface area contributed by atoms with Crippen molar-refractivity contribution in [2.45, 2.75) is 31.8 Å². The topological polar surface area (TPSA) is 20.2 Å². The smallest absolute Gasteiger partial charge is 0.0615 e. The highest BCUT2D eigenvalue weighted by molar-refractivity contribution is 5.19. The van der Waals surface area contributed by atoms with Gasteiger partial charge in [0.2, 0.25) is 0 Å². The fourth-order valence-corrected chi connectivity index (χ4v) is 1.46. The molecule has 0 aliphatic rings. The van der Waals surface area contributed by atoms with E-state index in [1.807, 2.05) is 37.3 Å². The second-order valence-corrected chi connectivity index (χ2v) is 3.51. The summed E-state index contributed by atoms with van der Waals surface area (Å²) < 4.78 is 0. The Morgan fingerprint density at radius 1 is 1.36 bits per heavy atom. The van der Waals surface area contributed by atoms with Crippen LogP contribution in [0.3, 0.4) is 0 Å². The quantitative estimate of drug-likeness (QED) is 0.720. The van der Waals surface area contributed by atoms with E-state index in [0.717, 1.165) is 5.56 Å². The Labute approximate surface area is 85.8 Å². The van der Waals surface area contributed by atoms with Crippen LogP contribution in [0.1, 0.15) is 31.2 Å². The van der Waals surface area contributed by atoms with Crippen LogP contribution < -0.4 is 0 Å². The van der Waals surface area contributed by atoms with Gasteiger partial charge in [-0.05, 0) is 12.0 Å². The molecule has 0 aromatic heterocycles. The van der Waals surface area contributed by atoms with Crippen molar-refractivity contribution in [2.24, 2.45) is 0 Å². The van der Waals surface area contributed by atoms with Gasteiger partial charge < -0.3 is 5.11 Å². The summed E-state index contributed by atoms with van der Waals surface area (Å²) in [7, 11) is 0. The van der Waals surface area contributed by atoms with Gasteiger partial charge in [0.05, 0.1) is 6.10 Å². The normalized spacial score (nSPS) is 14.4. The van der Waals surface area contributed by atoms with Crippen LogP contribution in [0, 0.1) is 12.3 Å². The standard InChI is InChI=1S/C13H16O/c1-3-4-10-13(14)11(2)12-8-6-5-7-9-12/h1,5-9,11,13-14H,4,10H2,2H3. The SMILES string of the molecule is C#CCCC(O)C(C)c1ccccc1. The van der Waals surface area contributed by atoms with Crippen molar-refractivity contribution in [3.8, 4) is 12.3 Å². The Morgan fingerprint density at radius 3 is 2.57 bits per heavy atom. The molecule has 0 aliphatic heterocycles. The molecule has 0 spiro atoms. The third-order valence-electron chi connectivity index (χ3n) is 2.49. The van der Waals surface area contributed by atoms with Gasteiger partial charge in [-0.15, -0.1) is 12.3 Å². The summed E-state index contributed by atoms with van der Waals surface area (Å²) in [5.74, 6) is 2.70. The monoisotopic (exact) mass is 188 g/mol. The van der Waals surface area contributed by atoms with Crippen molar-refractivity contribution in [3.63, 3.8) is 0 Å². The molecule has 2 unspecified atom stereocenters. The van der Waals surface area contributed by atoms with E-state index >= 15 is 0 Å². The van der Waals surface area contributed by atoms with Crippen molar-refractivity contribution in [2.75, 3.05) is 0 Å². The lowest BCUT2D eigenvalue weighted by Crippen LogP contribution is -2.15. The van der Waals surface area contributed by atoms with Crippen LogP contribution in [0.25, 0.3) is 0 Å². The highest BCUT2D eigenvalue weighted by Gasteiger charge is 2.14. The number of rotatable bonds is 4. The van der Waals surface area contributed by atoms with E-state index in [1.165, 1.54) is 0 Å². The highest BCUT2D eigenvalue weighted by atomic mass is 16.3. The van der Waals surface area contributed by atoms with Gasteiger partial charge in [-0.3, -0.25) is 0 Å². The third kappa shape index (κ3) is 2.90. The summed E-state index contributed by atoms with van der Waals surface area (Å²) in [6.45, 7) is 2.02. The molecular formula is C13H16O. The highest BCUT2D eigenvalue weighted by Crippen LogP contribution is 2.21. The van der Waals surface area contributed by atoms with Crippen molar-refractivity contribution < 1.29 is 5.11 Å². The lowest BCUT2D eigenvalue weighted by molar-refractivity contribution is 0.141. The maximum Gasteiger partial charge on any atom is 0.0615 e. The summed E-state index contributed by atoms with van der Waals surface area (Å²) in [6.07, 6.45) is 6.13. The first-order valence-electron chi connectivity index (χ1n) is 4.92. The molecule has 1 nitrogen and oxygen atoms in total. The average Bonchev–Trinajstić information content (AvgIpc) is 2.26. The molecule has 0 aliphatic carbocycles. The van der Waals surface area contributed by atoms with Crippen LogP contribution in [0.2, 0.25) is 0 Å². The van der Waals surface area contributed by atoms with Gasteiger partial charge in [0.1, 0.15) is 0 Å². The van der Waals surface area contributed by atoms with Gasteiger partial charge in [0.25, 0.3) is 0 Å². The minimum absolute atomic E-state index is 0.157. The molecule has 0 heterocycles. The van der Waals surface area contributed by atoms with Crippen molar-refractivity contribution in [1.82, 2.24) is 0 Å². The van der Waals surface area contributed by atoms with Gasteiger partial charge in [-0.2, -0.15) is 0 Å². The molecule has 74 valence electrons. The molecule has 2 atom stereocenters. The van der Waals surface area contributed by atoms with Crippen LogP contribution in [0.4, 0.5) is 0 Å². The third-order valence-corrected chi connectivity index (χ3v) is 2.49. The average molecular weight is 188 g/mol. The molecule has 0 radical (unpaired) electrons. The summed E-state index contributed by atoms with van der Waals surface area (Å²) >= 11 is 0. The molecular weight excluding hydrogens is 172 g/mol. The van der Waals surface area contributed by atoms with Crippen molar-refractivity contribution >= 4 is 0 Å². The first-order valence-corrected chi connectivity index (χ1v) is 4.92. The zero-order chi connectivity index (χ0) is 10.4. The summed E-state index contributed by atoms with van der Waals surface area (Å²) in [6, 6.07) is 10.0. The number of aliphatic hydroxyl groups excluding tert-OH is 1. The summed E-state index contributed by atoms with van der Waals surface area (Å²) in [5, 5.41) is 9.81. The van der Waals surface area contributed by atoms with Gasteiger partial charge in [0.15, 0.2) is 0 Å². The van der Waals surface area contributed by atoms with E-state index in [0.29, 0.717) is 12.8 Å². The Morgan fingerprint density at radius 2 is 2.00 bits per heavy atom. The molecule has 0 amide bonds. The second-order valence-electron chi connectivity index (χ2n) is 3.51. The minimum atomic E-state index is -0.339. The predicted molar refractivity (Wildman–Crippen MR) is 58.9 cm³/mol. The van der Waals surface area contributed by atoms with E-state index in [9.17, 15) is 5.11 Å². The molecule has 0 fully saturated rings. The first kappa shape index (κ1) is 10.8. The molecule has 1 rings (SSSR count). The van der Waals surface area contributed by atoms with Gasteiger partial charge in [0, 0.05) is 12.3 Å². The van der Waals surface area contributed by atoms with Crippen molar-refractivity contribution in [1.29, 1.82) is 0 Å². The zero-order valence-corrected chi connectivity index (χ0v) is 8.48. The lowest BCUT2D eigenvalue weighted by Gasteiger charge is -2.18. The molecule has 1 heteroatoms. The minimum Gasteiger partial charge on any atom is -0.392 e. The van der Waals surface area contributed by atoms with E-state index in [-0.39, 0.29) is 12.0 Å². The molecule has 14 heavy (non-hydrogen) atoms. The zero-order valence-electron chi connectivity index (χ0n) is 8.48. The number of hydrogen-bond donors (Lipinski definition) is 1. The molecule has 0 saturated heterocycles. The van der Waals surface area contributed by atoms with E-state index in [4.69, 9.17) is 6.42 Å². The Bertz CT molecular complexity index is 297. The molecule has 1 aromatic rings. The molecule has 1 N–H and O–H groups in total. The molecule has 0 saturated carbocycles. The maximum atomic E-state index is 9.81. The number of hydrogen-bond acceptors (Lipinski definition) is 1. The van der Waals surface area contributed by atoms with Gasteiger partial charge in [-0.25, -0.2) is 0 Å². The van der Waals surface area contributed by atoms with Gasteiger partial charge in [-0.1, -0.05) is 37.3 Å². The summed E-state index contributed by atoms with van der Waals surface area (Å²) in [5.41, 5.74) is 1.16. The largest absolute Gasteiger partial charge is 0.392 e. The van der Waals surface area contributed by atoms with Crippen LogP contribution in [0.15, 0.2) is 30.3 Å². The van der Waals surface area contributed by atoms with Crippen molar-refractivity contribution in [3.05, 3.63) is 35.9 Å². The fourth-order valence-electron chi connectivity index (χ4n) is 1.46. The predicted octanol–water partition coefficient (Wildman–Crippen LogP) is 2.56. The van der Waals surface area contributed by atoms with Crippen LogP contribution >= 0.6 is 0 Å². The molecule has 1 aromatic carbocycles. The van der Waals surface area contributed by atoms with E-state index in [1.54, 1.807) is 0 Å². The number of aliphatic hydroxyl groups is 1. The number of terminal acetylenes is 1.